The fourth-order valence-electron chi connectivity index (χ4n) is 6.47. The number of hydrogen-bond acceptors (Lipinski definition) is 6. The Kier molecular flexibility index (Phi) is 9.29. The molecule has 242 valence electrons. The number of halogens is 3. The Bertz CT molecular complexity index is 1660. The highest BCUT2D eigenvalue weighted by Crippen LogP contribution is 2.43. The standard InChI is InChI=1S/C37H34F3N3O4/c1-2-45-35(44)33-34(46-31-22-18-26(19-23-31)27-20-24-32(25-21-27)47-37(38,39)40)41-42-43(33)36(28-12-6-3-7-13-28,29-14-8-4-9-15-29)30-16-10-5-11-17-30/h3-17,20-21,24-26,31H,2,18-19,22-23H2,1H3. The number of hydrogen-bond donors (Lipinski definition) is 0. The predicted molar refractivity (Wildman–Crippen MR) is 169 cm³/mol. The molecule has 0 unspecified atom stereocenters. The molecule has 0 bridgehead atoms. The molecule has 1 saturated carbocycles. The van der Waals surface area contributed by atoms with Crippen LogP contribution in [-0.2, 0) is 10.3 Å². The molecule has 0 spiro atoms. The van der Waals surface area contributed by atoms with E-state index in [1.54, 1.807) is 23.7 Å². The molecule has 0 radical (unpaired) electrons. The van der Waals surface area contributed by atoms with E-state index in [0.717, 1.165) is 35.1 Å². The zero-order chi connectivity index (χ0) is 32.9. The highest BCUT2D eigenvalue weighted by Gasteiger charge is 2.44. The summed E-state index contributed by atoms with van der Waals surface area (Å²) in [5.41, 5.74) is 2.55. The number of rotatable bonds is 10. The van der Waals surface area contributed by atoms with Crippen molar-refractivity contribution in [1.29, 1.82) is 0 Å². The van der Waals surface area contributed by atoms with Crippen molar-refractivity contribution >= 4 is 5.97 Å². The minimum atomic E-state index is -4.73. The van der Waals surface area contributed by atoms with Crippen molar-refractivity contribution in [3.05, 3.63) is 143 Å². The third kappa shape index (κ3) is 6.72. The van der Waals surface area contributed by atoms with E-state index in [-0.39, 0.29) is 36.0 Å². The van der Waals surface area contributed by atoms with E-state index in [4.69, 9.17) is 9.47 Å². The van der Waals surface area contributed by atoms with Gasteiger partial charge >= 0.3 is 12.3 Å². The van der Waals surface area contributed by atoms with E-state index in [1.165, 1.54) is 12.1 Å². The third-order valence-corrected chi connectivity index (χ3v) is 8.54. The molecule has 1 fully saturated rings. The first kappa shape index (κ1) is 31.8. The predicted octanol–water partition coefficient (Wildman–Crippen LogP) is 8.30. The number of nitrogens with zero attached hydrogens (tertiary/aromatic N) is 3. The van der Waals surface area contributed by atoms with Gasteiger partial charge in [0, 0.05) is 0 Å². The minimum Gasteiger partial charge on any atom is -0.472 e. The van der Waals surface area contributed by atoms with E-state index < -0.39 is 17.9 Å². The lowest BCUT2D eigenvalue weighted by atomic mass is 9.77. The highest BCUT2D eigenvalue weighted by molar-refractivity contribution is 5.90. The molecule has 4 aromatic carbocycles. The van der Waals surface area contributed by atoms with Crippen LogP contribution < -0.4 is 9.47 Å². The van der Waals surface area contributed by atoms with Gasteiger partial charge in [0.1, 0.15) is 17.4 Å². The maximum absolute atomic E-state index is 13.8. The van der Waals surface area contributed by atoms with Crippen molar-refractivity contribution < 1.29 is 32.2 Å². The highest BCUT2D eigenvalue weighted by atomic mass is 19.4. The van der Waals surface area contributed by atoms with E-state index in [9.17, 15) is 18.0 Å². The summed E-state index contributed by atoms with van der Waals surface area (Å²) in [4.78, 5) is 13.8. The van der Waals surface area contributed by atoms with Crippen LogP contribution in [0, 0.1) is 0 Å². The molecule has 1 heterocycles. The number of carbonyl (C=O) groups is 1. The summed E-state index contributed by atoms with van der Waals surface area (Å²) in [6.07, 6.45) is -2.19. The van der Waals surface area contributed by atoms with Crippen molar-refractivity contribution in [1.82, 2.24) is 15.0 Å². The Morgan fingerprint density at radius 1 is 0.766 bits per heavy atom. The molecule has 7 nitrogen and oxygen atoms in total. The first-order chi connectivity index (χ1) is 22.8. The Morgan fingerprint density at radius 2 is 1.28 bits per heavy atom. The van der Waals surface area contributed by atoms with Gasteiger partial charge < -0.3 is 14.2 Å². The Hall–Kier alpha value is -5.12. The average molecular weight is 642 g/mol. The number of esters is 1. The molecule has 0 atom stereocenters. The van der Waals surface area contributed by atoms with Crippen molar-refractivity contribution in [2.45, 2.75) is 56.5 Å². The molecule has 1 aromatic heterocycles. The molecule has 47 heavy (non-hydrogen) atoms. The summed E-state index contributed by atoms with van der Waals surface area (Å²) in [6, 6.07) is 35.5. The topological polar surface area (TPSA) is 75.5 Å². The van der Waals surface area contributed by atoms with Crippen molar-refractivity contribution in [2.75, 3.05) is 6.61 Å². The first-order valence-electron chi connectivity index (χ1n) is 15.6. The second-order valence-electron chi connectivity index (χ2n) is 11.4. The fraction of sp³-hybridized carbons (Fsp3) is 0.270. The number of carbonyl (C=O) groups excluding carboxylic acids is 1. The average Bonchev–Trinajstić information content (AvgIpc) is 3.50. The largest absolute Gasteiger partial charge is 0.573 e. The van der Waals surface area contributed by atoms with Crippen molar-refractivity contribution in [2.24, 2.45) is 0 Å². The summed E-state index contributed by atoms with van der Waals surface area (Å²) < 4.78 is 55.4. The molecule has 10 heteroatoms. The summed E-state index contributed by atoms with van der Waals surface area (Å²) in [5, 5.41) is 9.09. The van der Waals surface area contributed by atoms with Gasteiger partial charge in [0.05, 0.1) is 6.61 Å². The molecule has 5 aromatic rings. The van der Waals surface area contributed by atoms with Gasteiger partial charge in [-0.15, -0.1) is 13.2 Å². The van der Waals surface area contributed by atoms with Crippen LogP contribution in [0.15, 0.2) is 115 Å². The lowest BCUT2D eigenvalue weighted by Gasteiger charge is -2.36. The Labute approximate surface area is 270 Å². The van der Waals surface area contributed by atoms with Gasteiger partial charge in [0.15, 0.2) is 0 Å². The number of benzene rings is 4. The SMILES string of the molecule is CCOC(=O)c1c(OC2CCC(c3ccc(OC(F)(F)F)cc3)CC2)nnn1C(c1ccccc1)(c1ccccc1)c1ccccc1. The van der Waals surface area contributed by atoms with Crippen LogP contribution in [0.2, 0.25) is 0 Å². The van der Waals surface area contributed by atoms with Gasteiger partial charge in [-0.2, -0.15) is 0 Å². The molecular formula is C37H34F3N3O4. The molecule has 0 N–H and O–H groups in total. The first-order valence-corrected chi connectivity index (χ1v) is 15.6. The van der Waals surface area contributed by atoms with Crippen LogP contribution in [0.4, 0.5) is 13.2 Å². The lowest BCUT2D eigenvalue weighted by molar-refractivity contribution is -0.274. The summed E-state index contributed by atoms with van der Waals surface area (Å²) in [6.45, 7) is 1.89. The zero-order valence-electron chi connectivity index (χ0n) is 25.8. The van der Waals surface area contributed by atoms with Crippen LogP contribution in [0.25, 0.3) is 0 Å². The monoisotopic (exact) mass is 641 g/mol. The van der Waals surface area contributed by atoms with E-state index in [1.807, 2.05) is 91.0 Å². The van der Waals surface area contributed by atoms with Crippen LogP contribution in [-0.4, -0.2) is 40.0 Å². The molecule has 6 rings (SSSR count). The van der Waals surface area contributed by atoms with Gasteiger partial charge in [-0.3, -0.25) is 0 Å². The Morgan fingerprint density at radius 3 is 1.74 bits per heavy atom. The van der Waals surface area contributed by atoms with Gasteiger partial charge in [0.25, 0.3) is 5.88 Å². The maximum Gasteiger partial charge on any atom is 0.573 e. The van der Waals surface area contributed by atoms with Crippen LogP contribution in [0.1, 0.15) is 71.3 Å². The van der Waals surface area contributed by atoms with Crippen LogP contribution in [0.3, 0.4) is 0 Å². The second-order valence-corrected chi connectivity index (χ2v) is 11.4. The van der Waals surface area contributed by atoms with E-state index in [0.29, 0.717) is 12.8 Å². The zero-order valence-corrected chi connectivity index (χ0v) is 25.8. The molecular weight excluding hydrogens is 607 g/mol. The van der Waals surface area contributed by atoms with E-state index in [2.05, 4.69) is 15.0 Å². The number of alkyl halides is 3. The summed E-state index contributed by atoms with van der Waals surface area (Å²) in [5.74, 6) is -0.607. The van der Waals surface area contributed by atoms with Crippen LogP contribution >= 0.6 is 0 Å². The van der Waals surface area contributed by atoms with Gasteiger partial charge in [-0.05, 0) is 72.9 Å². The minimum absolute atomic E-state index is 0.0905. The lowest BCUT2D eigenvalue weighted by Crippen LogP contribution is -2.41. The summed E-state index contributed by atoms with van der Waals surface area (Å²) in [7, 11) is 0. The fourth-order valence-corrected chi connectivity index (χ4v) is 6.47. The summed E-state index contributed by atoms with van der Waals surface area (Å²) >= 11 is 0. The molecule has 0 saturated heterocycles. The normalized spacial score (nSPS) is 16.8. The van der Waals surface area contributed by atoms with Crippen molar-refractivity contribution in [3.8, 4) is 11.6 Å². The number of ether oxygens (including phenoxy) is 3. The number of aromatic nitrogens is 3. The molecule has 1 aliphatic carbocycles. The molecule has 0 amide bonds. The molecule has 1 aliphatic rings. The van der Waals surface area contributed by atoms with Gasteiger partial charge in [-0.1, -0.05) is 113 Å². The van der Waals surface area contributed by atoms with Crippen LogP contribution in [0.5, 0.6) is 11.6 Å². The van der Waals surface area contributed by atoms with E-state index >= 15 is 0 Å². The third-order valence-electron chi connectivity index (χ3n) is 8.54. The smallest absolute Gasteiger partial charge is 0.472 e. The van der Waals surface area contributed by atoms with Gasteiger partial charge in [-0.25, -0.2) is 9.48 Å². The van der Waals surface area contributed by atoms with Crippen molar-refractivity contribution in [3.63, 3.8) is 0 Å². The van der Waals surface area contributed by atoms with Gasteiger partial charge in [0.2, 0.25) is 5.69 Å². The molecule has 0 aliphatic heterocycles. The maximum atomic E-state index is 13.8. The second kappa shape index (κ2) is 13.7. The quantitative estimate of drug-likeness (QED) is 0.113. The Balaban J connectivity index is 1.35.